The van der Waals surface area contributed by atoms with Gasteiger partial charge in [-0.15, -0.1) is 0 Å². The summed E-state index contributed by atoms with van der Waals surface area (Å²) < 4.78 is 16.6. The minimum absolute atomic E-state index is 0.373. The average molecular weight is 219 g/mol. The van der Waals surface area contributed by atoms with Crippen LogP contribution < -0.4 is 5.32 Å². The second kappa shape index (κ2) is 6.53. The highest BCUT2D eigenvalue weighted by molar-refractivity contribution is 7.84. The Kier molecular flexibility index (Phi) is 5.67. The van der Waals surface area contributed by atoms with Crippen molar-refractivity contribution < 1.29 is 8.95 Å². The second-order valence-corrected chi connectivity index (χ2v) is 5.65. The van der Waals surface area contributed by atoms with Crippen LogP contribution in [0.1, 0.15) is 26.7 Å². The monoisotopic (exact) mass is 219 g/mol. The molecule has 0 aromatic carbocycles. The summed E-state index contributed by atoms with van der Waals surface area (Å²) in [6.07, 6.45) is 2.54. The Bertz CT molecular complexity index is 187. The molecule has 14 heavy (non-hydrogen) atoms. The molecule has 0 radical (unpaired) electrons. The number of hydrogen-bond donors (Lipinski definition) is 1. The Morgan fingerprint density at radius 3 is 3.00 bits per heavy atom. The predicted molar refractivity (Wildman–Crippen MR) is 60.0 cm³/mol. The van der Waals surface area contributed by atoms with E-state index in [1.807, 2.05) is 6.92 Å². The van der Waals surface area contributed by atoms with Gasteiger partial charge in [0.2, 0.25) is 0 Å². The summed E-state index contributed by atoms with van der Waals surface area (Å²) >= 11 is 0. The SMILES string of the molecule is CCS(=O)CCNC1CCOC(C)C1. The molecular formula is C10H21NO2S. The summed E-state index contributed by atoms with van der Waals surface area (Å²) in [6.45, 7) is 5.80. The third kappa shape index (κ3) is 4.53. The van der Waals surface area contributed by atoms with Crippen LogP contribution in [0.2, 0.25) is 0 Å². The molecular weight excluding hydrogens is 198 g/mol. The lowest BCUT2D eigenvalue weighted by atomic mass is 10.0. The van der Waals surface area contributed by atoms with E-state index >= 15 is 0 Å². The molecule has 0 aliphatic carbocycles. The van der Waals surface area contributed by atoms with E-state index in [1.54, 1.807) is 0 Å². The van der Waals surface area contributed by atoms with Crippen molar-refractivity contribution in [2.75, 3.05) is 24.7 Å². The Morgan fingerprint density at radius 2 is 2.36 bits per heavy atom. The van der Waals surface area contributed by atoms with Crippen molar-refractivity contribution in [2.24, 2.45) is 0 Å². The first kappa shape index (κ1) is 12.1. The molecule has 0 bridgehead atoms. The highest BCUT2D eigenvalue weighted by Crippen LogP contribution is 2.12. The lowest BCUT2D eigenvalue weighted by Crippen LogP contribution is -2.39. The molecule has 1 aliphatic rings. The normalized spacial score (nSPS) is 30.1. The zero-order valence-electron chi connectivity index (χ0n) is 9.12. The van der Waals surface area contributed by atoms with Gasteiger partial charge in [0, 0.05) is 41.5 Å². The van der Waals surface area contributed by atoms with Crippen molar-refractivity contribution in [3.8, 4) is 0 Å². The quantitative estimate of drug-likeness (QED) is 0.747. The van der Waals surface area contributed by atoms with E-state index in [-0.39, 0.29) is 0 Å². The van der Waals surface area contributed by atoms with Crippen LogP contribution in [0.3, 0.4) is 0 Å². The summed E-state index contributed by atoms with van der Waals surface area (Å²) in [7, 11) is -0.634. The van der Waals surface area contributed by atoms with Gasteiger partial charge in [0.25, 0.3) is 0 Å². The maximum absolute atomic E-state index is 11.2. The van der Waals surface area contributed by atoms with Gasteiger partial charge in [-0.2, -0.15) is 0 Å². The van der Waals surface area contributed by atoms with Crippen LogP contribution in [0, 0.1) is 0 Å². The molecule has 0 amide bonds. The topological polar surface area (TPSA) is 38.3 Å². The Hall–Kier alpha value is 0.0700. The summed E-state index contributed by atoms with van der Waals surface area (Å²) in [5, 5.41) is 3.44. The molecule has 3 unspecified atom stereocenters. The van der Waals surface area contributed by atoms with E-state index in [4.69, 9.17) is 4.74 Å². The summed E-state index contributed by atoms with van der Waals surface area (Å²) in [5.74, 6) is 1.55. The van der Waals surface area contributed by atoms with Crippen molar-refractivity contribution in [2.45, 2.75) is 38.8 Å². The molecule has 3 nitrogen and oxygen atoms in total. The molecule has 1 saturated heterocycles. The Balaban J connectivity index is 2.08. The van der Waals surface area contributed by atoms with Gasteiger partial charge in [-0.25, -0.2) is 0 Å². The number of hydrogen-bond acceptors (Lipinski definition) is 3. The second-order valence-electron chi connectivity index (χ2n) is 3.79. The first-order chi connectivity index (χ1) is 6.72. The molecule has 1 fully saturated rings. The van der Waals surface area contributed by atoms with E-state index in [1.165, 1.54) is 0 Å². The fourth-order valence-electron chi connectivity index (χ4n) is 1.70. The molecule has 1 heterocycles. The molecule has 0 aromatic heterocycles. The summed E-state index contributed by atoms with van der Waals surface area (Å²) in [4.78, 5) is 0. The van der Waals surface area contributed by atoms with Gasteiger partial charge >= 0.3 is 0 Å². The fraction of sp³-hybridized carbons (Fsp3) is 1.00. The van der Waals surface area contributed by atoms with Gasteiger partial charge in [0.15, 0.2) is 0 Å². The lowest BCUT2D eigenvalue weighted by molar-refractivity contribution is 0.0137. The first-order valence-electron chi connectivity index (χ1n) is 5.42. The third-order valence-corrected chi connectivity index (χ3v) is 3.87. The number of rotatable bonds is 5. The number of nitrogens with one attached hydrogen (secondary N) is 1. The molecule has 1 rings (SSSR count). The largest absolute Gasteiger partial charge is 0.378 e. The van der Waals surface area contributed by atoms with Crippen LogP contribution in [0.4, 0.5) is 0 Å². The van der Waals surface area contributed by atoms with Crippen LogP contribution >= 0.6 is 0 Å². The zero-order valence-corrected chi connectivity index (χ0v) is 9.94. The highest BCUT2D eigenvalue weighted by Gasteiger charge is 2.18. The molecule has 0 aromatic rings. The van der Waals surface area contributed by atoms with Crippen LogP contribution in [-0.2, 0) is 15.5 Å². The molecule has 0 saturated carbocycles. The Labute approximate surface area is 89.1 Å². The van der Waals surface area contributed by atoms with Gasteiger partial charge in [0.05, 0.1) is 6.10 Å². The van der Waals surface area contributed by atoms with E-state index < -0.39 is 10.8 Å². The average Bonchev–Trinajstić information content (AvgIpc) is 2.17. The van der Waals surface area contributed by atoms with E-state index in [2.05, 4.69) is 12.2 Å². The van der Waals surface area contributed by atoms with Gasteiger partial charge in [-0.05, 0) is 19.8 Å². The smallest absolute Gasteiger partial charge is 0.0561 e. The van der Waals surface area contributed by atoms with E-state index in [0.717, 1.165) is 37.5 Å². The molecule has 4 heteroatoms. The minimum atomic E-state index is -0.634. The predicted octanol–water partition coefficient (Wildman–Crippen LogP) is 0.912. The van der Waals surface area contributed by atoms with Gasteiger partial charge in [0.1, 0.15) is 0 Å². The summed E-state index contributed by atoms with van der Waals surface area (Å²) in [6, 6.07) is 0.563. The summed E-state index contributed by atoms with van der Waals surface area (Å²) in [5.41, 5.74) is 0. The molecule has 1 aliphatic heterocycles. The van der Waals surface area contributed by atoms with Gasteiger partial charge in [-0.3, -0.25) is 4.21 Å². The minimum Gasteiger partial charge on any atom is -0.378 e. The van der Waals surface area contributed by atoms with Crippen molar-refractivity contribution in [1.82, 2.24) is 5.32 Å². The van der Waals surface area contributed by atoms with Crippen molar-refractivity contribution in [1.29, 1.82) is 0 Å². The molecule has 84 valence electrons. The standard InChI is InChI=1S/C10H21NO2S/c1-3-14(12)7-5-11-10-4-6-13-9(2)8-10/h9-11H,3-8H2,1-2H3. The first-order valence-corrected chi connectivity index (χ1v) is 6.91. The highest BCUT2D eigenvalue weighted by atomic mass is 32.2. The van der Waals surface area contributed by atoms with Crippen molar-refractivity contribution in [3.63, 3.8) is 0 Å². The number of ether oxygens (including phenoxy) is 1. The van der Waals surface area contributed by atoms with E-state index in [0.29, 0.717) is 12.1 Å². The Morgan fingerprint density at radius 1 is 1.57 bits per heavy atom. The lowest BCUT2D eigenvalue weighted by Gasteiger charge is -2.27. The van der Waals surface area contributed by atoms with Crippen LogP contribution in [0.15, 0.2) is 0 Å². The molecule has 0 spiro atoms. The van der Waals surface area contributed by atoms with Gasteiger partial charge in [-0.1, -0.05) is 6.92 Å². The van der Waals surface area contributed by atoms with Crippen molar-refractivity contribution in [3.05, 3.63) is 0 Å². The fourth-order valence-corrected chi connectivity index (χ4v) is 2.34. The maximum Gasteiger partial charge on any atom is 0.0561 e. The van der Waals surface area contributed by atoms with E-state index in [9.17, 15) is 4.21 Å². The third-order valence-electron chi connectivity index (χ3n) is 2.57. The van der Waals surface area contributed by atoms with Crippen LogP contribution in [0.25, 0.3) is 0 Å². The molecule has 1 N–H and O–H groups in total. The van der Waals surface area contributed by atoms with Gasteiger partial charge < -0.3 is 10.1 Å². The molecule has 3 atom stereocenters. The van der Waals surface area contributed by atoms with Crippen LogP contribution in [-0.4, -0.2) is 41.0 Å². The zero-order chi connectivity index (χ0) is 10.4. The maximum atomic E-state index is 11.2. The van der Waals surface area contributed by atoms with Crippen LogP contribution in [0.5, 0.6) is 0 Å². The van der Waals surface area contributed by atoms with Crippen molar-refractivity contribution >= 4 is 10.8 Å².